The van der Waals surface area contributed by atoms with E-state index >= 15 is 0 Å². The lowest BCUT2D eigenvalue weighted by Gasteiger charge is -2.06. The normalized spacial score (nSPS) is 11.0. The second kappa shape index (κ2) is 4.72. The van der Waals surface area contributed by atoms with Crippen molar-refractivity contribution in [3.63, 3.8) is 0 Å². The van der Waals surface area contributed by atoms with Gasteiger partial charge in [-0.1, -0.05) is 29.8 Å². The minimum atomic E-state index is 0.529. The molecular weight excluding hydrogens is 236 g/mol. The lowest BCUT2D eigenvalue weighted by atomic mass is 10.1. The number of nitrogen functional groups attached to an aromatic ring is 1. The number of imidazole rings is 1. The van der Waals surface area contributed by atoms with Crippen molar-refractivity contribution in [2.24, 2.45) is 0 Å². The Morgan fingerprint density at radius 1 is 1.21 bits per heavy atom. The molecule has 96 valence electrons. The Morgan fingerprint density at radius 2 is 2.11 bits per heavy atom. The molecule has 0 bridgehead atoms. The fraction of sp³-hybridized carbons (Fsp3) is 0.200. The predicted molar refractivity (Wildman–Crippen MR) is 76.8 cm³/mol. The lowest BCUT2D eigenvalue weighted by Crippen LogP contribution is -2.06. The van der Waals surface area contributed by atoms with Crippen LogP contribution in [0.3, 0.4) is 0 Å². The summed E-state index contributed by atoms with van der Waals surface area (Å²) in [6.07, 6.45) is 2.69. The second-order valence-electron chi connectivity index (χ2n) is 4.71. The van der Waals surface area contributed by atoms with Crippen LogP contribution in [0.1, 0.15) is 11.1 Å². The Bertz CT molecular complexity index is 715. The van der Waals surface area contributed by atoms with Crippen LogP contribution >= 0.6 is 0 Å². The van der Waals surface area contributed by atoms with Crippen molar-refractivity contribution in [2.75, 3.05) is 5.73 Å². The number of rotatable bonds is 3. The van der Waals surface area contributed by atoms with Gasteiger partial charge in [0.15, 0.2) is 5.65 Å². The summed E-state index contributed by atoms with van der Waals surface area (Å²) in [6, 6.07) is 12.3. The number of pyridine rings is 1. The van der Waals surface area contributed by atoms with Gasteiger partial charge in [0.05, 0.1) is 0 Å². The van der Waals surface area contributed by atoms with E-state index in [1.165, 1.54) is 11.1 Å². The Labute approximate surface area is 111 Å². The molecule has 4 heteroatoms. The van der Waals surface area contributed by atoms with Gasteiger partial charge in [-0.25, -0.2) is 9.97 Å². The molecule has 0 unspecified atom stereocenters. The van der Waals surface area contributed by atoms with Gasteiger partial charge < -0.3 is 5.73 Å². The highest BCUT2D eigenvalue weighted by Crippen LogP contribution is 2.16. The number of aromatic nitrogens is 3. The van der Waals surface area contributed by atoms with Gasteiger partial charge in [-0.2, -0.15) is 0 Å². The van der Waals surface area contributed by atoms with E-state index in [-0.39, 0.29) is 0 Å². The van der Waals surface area contributed by atoms with Crippen LogP contribution < -0.4 is 5.73 Å². The van der Waals surface area contributed by atoms with Gasteiger partial charge in [0.1, 0.15) is 5.52 Å². The van der Waals surface area contributed by atoms with Crippen LogP contribution in [0.25, 0.3) is 11.2 Å². The fourth-order valence-corrected chi connectivity index (χ4v) is 2.30. The fourth-order valence-electron chi connectivity index (χ4n) is 2.30. The van der Waals surface area contributed by atoms with Crippen LogP contribution in [-0.4, -0.2) is 14.5 Å². The first kappa shape index (κ1) is 11.7. The second-order valence-corrected chi connectivity index (χ2v) is 4.71. The Hall–Kier alpha value is -2.36. The Morgan fingerprint density at radius 3 is 2.95 bits per heavy atom. The summed E-state index contributed by atoms with van der Waals surface area (Å²) >= 11 is 0. The topological polar surface area (TPSA) is 56.7 Å². The molecule has 0 radical (unpaired) electrons. The zero-order valence-electron chi connectivity index (χ0n) is 10.9. The van der Waals surface area contributed by atoms with E-state index in [4.69, 9.17) is 5.73 Å². The van der Waals surface area contributed by atoms with Crippen LogP contribution in [0.4, 0.5) is 5.95 Å². The van der Waals surface area contributed by atoms with Gasteiger partial charge in [0.2, 0.25) is 5.95 Å². The van der Waals surface area contributed by atoms with Crippen molar-refractivity contribution in [1.29, 1.82) is 0 Å². The number of nitrogens with zero attached hydrogens (tertiary/aromatic N) is 3. The summed E-state index contributed by atoms with van der Waals surface area (Å²) in [7, 11) is 0. The molecular formula is C15H16N4. The minimum Gasteiger partial charge on any atom is -0.369 e. The first-order valence-corrected chi connectivity index (χ1v) is 6.36. The quantitative estimate of drug-likeness (QED) is 0.779. The average molecular weight is 252 g/mol. The number of fused-ring (bicyclic) bond motifs is 1. The van der Waals surface area contributed by atoms with E-state index in [1.54, 1.807) is 6.20 Å². The largest absolute Gasteiger partial charge is 0.369 e. The Kier molecular flexibility index (Phi) is 2.91. The monoisotopic (exact) mass is 252 g/mol. The number of nitrogens with two attached hydrogens (primary N) is 1. The van der Waals surface area contributed by atoms with E-state index in [0.29, 0.717) is 5.95 Å². The van der Waals surface area contributed by atoms with Crippen molar-refractivity contribution in [1.82, 2.24) is 14.5 Å². The molecule has 0 amide bonds. The third-order valence-corrected chi connectivity index (χ3v) is 3.24. The molecule has 0 atom stereocenters. The van der Waals surface area contributed by atoms with Crippen molar-refractivity contribution in [3.8, 4) is 0 Å². The maximum atomic E-state index is 5.96. The predicted octanol–water partition coefficient (Wildman–Crippen LogP) is 2.56. The summed E-state index contributed by atoms with van der Waals surface area (Å²) in [4.78, 5) is 8.67. The van der Waals surface area contributed by atoms with E-state index < -0.39 is 0 Å². The first-order chi connectivity index (χ1) is 9.24. The third kappa shape index (κ3) is 2.29. The number of benzene rings is 1. The average Bonchev–Trinajstić information content (AvgIpc) is 2.72. The summed E-state index contributed by atoms with van der Waals surface area (Å²) in [5, 5.41) is 0. The molecule has 3 rings (SSSR count). The molecule has 0 aliphatic rings. The van der Waals surface area contributed by atoms with Crippen molar-refractivity contribution >= 4 is 17.1 Å². The summed E-state index contributed by atoms with van der Waals surface area (Å²) < 4.78 is 1.97. The first-order valence-electron chi connectivity index (χ1n) is 6.36. The number of anilines is 1. The molecule has 0 aliphatic heterocycles. The number of hydrogen-bond acceptors (Lipinski definition) is 3. The van der Waals surface area contributed by atoms with Crippen LogP contribution in [-0.2, 0) is 13.0 Å². The molecule has 2 aromatic heterocycles. The third-order valence-electron chi connectivity index (χ3n) is 3.24. The highest BCUT2D eigenvalue weighted by atomic mass is 15.2. The molecule has 19 heavy (non-hydrogen) atoms. The van der Waals surface area contributed by atoms with Crippen molar-refractivity contribution in [2.45, 2.75) is 19.9 Å². The van der Waals surface area contributed by atoms with Gasteiger partial charge in [-0.3, -0.25) is 4.57 Å². The van der Waals surface area contributed by atoms with Crippen LogP contribution in [0.15, 0.2) is 42.6 Å². The van der Waals surface area contributed by atoms with Crippen LogP contribution in [0.5, 0.6) is 0 Å². The zero-order valence-corrected chi connectivity index (χ0v) is 10.9. The molecule has 0 saturated heterocycles. The molecule has 0 spiro atoms. The smallest absolute Gasteiger partial charge is 0.202 e. The summed E-state index contributed by atoms with van der Waals surface area (Å²) in [6.45, 7) is 2.90. The van der Waals surface area contributed by atoms with E-state index in [0.717, 1.165) is 24.1 Å². The molecule has 0 aliphatic carbocycles. The van der Waals surface area contributed by atoms with Gasteiger partial charge >= 0.3 is 0 Å². The van der Waals surface area contributed by atoms with Gasteiger partial charge in [0, 0.05) is 12.7 Å². The summed E-state index contributed by atoms with van der Waals surface area (Å²) in [5.41, 5.74) is 10.2. The van der Waals surface area contributed by atoms with Crippen LogP contribution in [0.2, 0.25) is 0 Å². The van der Waals surface area contributed by atoms with E-state index in [2.05, 4.69) is 41.2 Å². The standard InChI is InChI=1S/C15H16N4/c1-11-4-2-5-12(10-11)7-9-19-14-13(18-15(19)16)6-3-8-17-14/h2-6,8,10H,7,9H2,1H3,(H2,16,18). The van der Waals surface area contributed by atoms with Gasteiger partial charge in [0.25, 0.3) is 0 Å². The van der Waals surface area contributed by atoms with Crippen molar-refractivity contribution in [3.05, 3.63) is 53.7 Å². The minimum absolute atomic E-state index is 0.529. The maximum Gasteiger partial charge on any atom is 0.202 e. The lowest BCUT2D eigenvalue weighted by molar-refractivity contribution is 0.719. The molecule has 2 N–H and O–H groups in total. The van der Waals surface area contributed by atoms with Gasteiger partial charge in [-0.15, -0.1) is 0 Å². The molecule has 4 nitrogen and oxygen atoms in total. The molecule has 2 heterocycles. The molecule has 0 fully saturated rings. The number of hydrogen-bond donors (Lipinski definition) is 1. The highest BCUT2D eigenvalue weighted by Gasteiger charge is 2.08. The molecule has 0 saturated carbocycles. The van der Waals surface area contributed by atoms with E-state index in [9.17, 15) is 0 Å². The van der Waals surface area contributed by atoms with Crippen molar-refractivity contribution < 1.29 is 0 Å². The van der Waals surface area contributed by atoms with Crippen LogP contribution in [0, 0.1) is 6.92 Å². The summed E-state index contributed by atoms with van der Waals surface area (Å²) in [5.74, 6) is 0.529. The SMILES string of the molecule is Cc1cccc(CCn2c(N)nc3cccnc32)c1. The molecule has 1 aromatic carbocycles. The highest BCUT2D eigenvalue weighted by molar-refractivity contribution is 5.73. The Balaban J connectivity index is 1.87. The number of aryl methyl sites for hydroxylation is 3. The molecule has 3 aromatic rings. The van der Waals surface area contributed by atoms with E-state index in [1.807, 2.05) is 16.7 Å². The zero-order chi connectivity index (χ0) is 13.2. The maximum absolute atomic E-state index is 5.96. The van der Waals surface area contributed by atoms with Gasteiger partial charge in [-0.05, 0) is 31.0 Å².